The molecule has 2 heterocycles. The number of aromatic nitrogens is 1. The summed E-state index contributed by atoms with van der Waals surface area (Å²) in [6.07, 6.45) is 3.56. The molecule has 0 unspecified atom stereocenters. The second-order valence-corrected chi connectivity index (χ2v) is 6.57. The molecule has 3 rings (SSSR count). The van der Waals surface area contributed by atoms with Gasteiger partial charge >= 0.3 is 6.03 Å². The van der Waals surface area contributed by atoms with E-state index in [9.17, 15) is 4.79 Å². The van der Waals surface area contributed by atoms with Gasteiger partial charge in [-0.05, 0) is 37.1 Å². The van der Waals surface area contributed by atoms with Crippen molar-refractivity contribution in [2.24, 2.45) is 5.92 Å². The zero-order chi connectivity index (χ0) is 18.4. The minimum atomic E-state index is -0.161. The van der Waals surface area contributed by atoms with Gasteiger partial charge in [0, 0.05) is 31.3 Å². The summed E-state index contributed by atoms with van der Waals surface area (Å²) in [4.78, 5) is 18.3. The van der Waals surface area contributed by atoms with Crippen molar-refractivity contribution < 1.29 is 14.3 Å². The molecular weight excluding hydrogens is 354 g/mol. The van der Waals surface area contributed by atoms with E-state index in [1.807, 2.05) is 24.3 Å². The maximum atomic E-state index is 12.5. The van der Waals surface area contributed by atoms with Gasteiger partial charge in [-0.2, -0.15) is 0 Å². The molecule has 26 heavy (non-hydrogen) atoms. The molecule has 1 aliphatic rings. The van der Waals surface area contributed by atoms with Gasteiger partial charge in [0.2, 0.25) is 0 Å². The molecule has 0 saturated carbocycles. The van der Waals surface area contributed by atoms with Crippen molar-refractivity contribution in [1.82, 2.24) is 9.88 Å². The molecule has 0 radical (unpaired) electrons. The van der Waals surface area contributed by atoms with Gasteiger partial charge in [-0.1, -0.05) is 17.7 Å². The molecule has 6 nitrogen and oxygen atoms in total. The van der Waals surface area contributed by atoms with Crippen LogP contribution in [0.5, 0.6) is 11.5 Å². The minimum Gasteiger partial charge on any atom is -0.497 e. The molecule has 1 aromatic carbocycles. The zero-order valence-electron chi connectivity index (χ0n) is 14.7. The van der Waals surface area contributed by atoms with Crippen molar-refractivity contribution in [2.45, 2.75) is 12.8 Å². The summed E-state index contributed by atoms with van der Waals surface area (Å²) < 4.78 is 11.1. The first-order valence-corrected chi connectivity index (χ1v) is 8.97. The van der Waals surface area contributed by atoms with E-state index < -0.39 is 0 Å². The van der Waals surface area contributed by atoms with Crippen LogP contribution in [-0.2, 0) is 0 Å². The third-order valence-electron chi connectivity index (χ3n) is 4.33. The van der Waals surface area contributed by atoms with Crippen molar-refractivity contribution in [2.75, 3.05) is 32.1 Å². The highest BCUT2D eigenvalue weighted by atomic mass is 35.5. The Morgan fingerprint density at radius 3 is 3.00 bits per heavy atom. The highest BCUT2D eigenvalue weighted by Gasteiger charge is 2.24. The molecule has 1 aromatic heterocycles. The quantitative estimate of drug-likeness (QED) is 0.800. The maximum absolute atomic E-state index is 12.5. The summed E-state index contributed by atoms with van der Waals surface area (Å²) in [6, 6.07) is 10.8. The van der Waals surface area contributed by atoms with E-state index in [0.717, 1.165) is 30.9 Å². The van der Waals surface area contributed by atoms with Gasteiger partial charge in [-0.3, -0.25) is 0 Å². The number of amides is 2. The van der Waals surface area contributed by atoms with Gasteiger partial charge in [-0.25, -0.2) is 9.78 Å². The van der Waals surface area contributed by atoms with E-state index >= 15 is 0 Å². The summed E-state index contributed by atoms with van der Waals surface area (Å²) in [7, 11) is 1.63. The van der Waals surface area contributed by atoms with Gasteiger partial charge in [-0.15, -0.1) is 0 Å². The molecule has 138 valence electrons. The van der Waals surface area contributed by atoms with Crippen molar-refractivity contribution in [1.29, 1.82) is 0 Å². The maximum Gasteiger partial charge on any atom is 0.321 e. The average Bonchev–Trinajstić information content (AvgIpc) is 2.68. The summed E-state index contributed by atoms with van der Waals surface area (Å²) >= 11 is 6.00. The summed E-state index contributed by atoms with van der Waals surface area (Å²) in [6.45, 7) is 1.93. The van der Waals surface area contributed by atoms with Gasteiger partial charge in [0.15, 0.2) is 5.15 Å². The Morgan fingerprint density at radius 1 is 1.35 bits per heavy atom. The second-order valence-electron chi connectivity index (χ2n) is 6.22. The number of halogens is 1. The number of pyridine rings is 1. The average molecular weight is 376 g/mol. The molecule has 2 aromatic rings. The fraction of sp³-hybridized carbons (Fsp3) is 0.368. The zero-order valence-corrected chi connectivity index (χ0v) is 15.4. The van der Waals surface area contributed by atoms with Crippen molar-refractivity contribution in [3.05, 3.63) is 47.7 Å². The smallest absolute Gasteiger partial charge is 0.321 e. The lowest BCUT2D eigenvalue weighted by molar-refractivity contribution is 0.145. The Morgan fingerprint density at radius 2 is 2.19 bits per heavy atom. The highest BCUT2D eigenvalue weighted by Crippen LogP contribution is 2.23. The largest absolute Gasteiger partial charge is 0.497 e. The molecule has 0 bridgehead atoms. The first kappa shape index (κ1) is 18.3. The van der Waals surface area contributed by atoms with Gasteiger partial charge in [0.1, 0.15) is 11.5 Å². The SMILES string of the molecule is COc1cccc(OC[C@@H]2CCCN(C(=O)Nc3cccnc3Cl)C2)c1. The van der Waals surface area contributed by atoms with E-state index in [4.69, 9.17) is 21.1 Å². The molecule has 0 aliphatic carbocycles. The standard InChI is InChI=1S/C19H22ClN3O3/c1-25-15-6-2-7-16(11-15)26-13-14-5-4-10-23(12-14)19(24)22-17-8-3-9-21-18(17)20/h2-3,6-9,11,14H,4-5,10,12-13H2,1H3,(H,22,24)/t14-/m1/s1. The normalized spacial score (nSPS) is 16.8. The lowest BCUT2D eigenvalue weighted by atomic mass is 9.99. The Kier molecular flexibility index (Phi) is 6.17. The predicted molar refractivity (Wildman–Crippen MR) is 101 cm³/mol. The van der Waals surface area contributed by atoms with Crippen LogP contribution < -0.4 is 14.8 Å². The van der Waals surface area contributed by atoms with Crippen molar-refractivity contribution >= 4 is 23.3 Å². The van der Waals surface area contributed by atoms with E-state index in [2.05, 4.69) is 10.3 Å². The monoisotopic (exact) mass is 375 g/mol. The van der Waals surface area contributed by atoms with Crippen LogP contribution in [0.25, 0.3) is 0 Å². The number of likely N-dealkylation sites (tertiary alicyclic amines) is 1. The molecule has 1 aliphatic heterocycles. The fourth-order valence-corrected chi connectivity index (χ4v) is 3.13. The summed E-state index contributed by atoms with van der Waals surface area (Å²) in [5.41, 5.74) is 0.522. The number of benzene rings is 1. The Labute approximate surface area is 158 Å². The van der Waals surface area contributed by atoms with Crippen molar-refractivity contribution in [3.8, 4) is 11.5 Å². The van der Waals surface area contributed by atoms with Crippen LogP contribution in [0.2, 0.25) is 5.15 Å². The van der Waals surface area contributed by atoms with E-state index in [-0.39, 0.29) is 17.1 Å². The van der Waals surface area contributed by atoms with Gasteiger partial charge in [0.05, 0.1) is 19.4 Å². The molecule has 1 fully saturated rings. The number of piperidine rings is 1. The number of ether oxygens (including phenoxy) is 2. The first-order valence-electron chi connectivity index (χ1n) is 8.59. The number of carbonyl (C=O) groups excluding carboxylic acids is 1. The number of carbonyl (C=O) groups is 1. The van der Waals surface area contributed by atoms with Crippen molar-refractivity contribution in [3.63, 3.8) is 0 Å². The lowest BCUT2D eigenvalue weighted by Crippen LogP contribution is -2.43. The first-order chi connectivity index (χ1) is 12.7. The minimum absolute atomic E-state index is 0.161. The fourth-order valence-electron chi connectivity index (χ4n) is 2.96. The van der Waals surface area contributed by atoms with Crippen LogP contribution in [-0.4, -0.2) is 42.7 Å². The Balaban J connectivity index is 1.53. The number of hydrogen-bond acceptors (Lipinski definition) is 4. The van der Waals surface area contributed by atoms with Crippen LogP contribution in [0.4, 0.5) is 10.5 Å². The van der Waals surface area contributed by atoms with Crippen LogP contribution in [0.1, 0.15) is 12.8 Å². The number of hydrogen-bond donors (Lipinski definition) is 1. The summed E-state index contributed by atoms with van der Waals surface area (Å²) in [5, 5.41) is 3.11. The molecule has 2 amide bonds. The lowest BCUT2D eigenvalue weighted by Gasteiger charge is -2.32. The Bertz CT molecular complexity index is 756. The molecular formula is C19H22ClN3O3. The second kappa shape index (κ2) is 8.76. The molecule has 1 N–H and O–H groups in total. The van der Waals surface area contributed by atoms with Crippen LogP contribution >= 0.6 is 11.6 Å². The molecule has 7 heteroatoms. The molecule has 1 atom stereocenters. The van der Waals surface area contributed by atoms with Gasteiger partial charge < -0.3 is 19.7 Å². The molecule has 0 spiro atoms. The third kappa shape index (κ3) is 4.79. The number of methoxy groups -OCH3 is 1. The van der Waals surface area contributed by atoms with E-state index in [1.54, 1.807) is 30.3 Å². The number of rotatable bonds is 5. The third-order valence-corrected chi connectivity index (χ3v) is 4.63. The number of anilines is 1. The van der Waals surface area contributed by atoms with Crippen LogP contribution in [0.15, 0.2) is 42.6 Å². The van der Waals surface area contributed by atoms with Crippen LogP contribution in [0.3, 0.4) is 0 Å². The number of nitrogens with one attached hydrogen (secondary N) is 1. The topological polar surface area (TPSA) is 63.7 Å². The summed E-state index contributed by atoms with van der Waals surface area (Å²) in [5.74, 6) is 1.82. The molecule has 1 saturated heterocycles. The van der Waals surface area contributed by atoms with E-state index in [0.29, 0.717) is 18.8 Å². The highest BCUT2D eigenvalue weighted by molar-refractivity contribution is 6.32. The number of urea groups is 1. The van der Waals surface area contributed by atoms with Crippen LogP contribution in [0, 0.1) is 5.92 Å². The Hall–Kier alpha value is -2.47. The van der Waals surface area contributed by atoms with E-state index in [1.165, 1.54) is 0 Å². The number of nitrogens with zero attached hydrogens (tertiary/aromatic N) is 2. The van der Waals surface area contributed by atoms with Gasteiger partial charge in [0.25, 0.3) is 0 Å². The predicted octanol–water partition coefficient (Wildman–Crippen LogP) is 4.07.